The third kappa shape index (κ3) is 3.41. The normalized spacial score (nSPS) is 17.0. The minimum Gasteiger partial charge on any atom is -0.356 e. The van der Waals surface area contributed by atoms with E-state index in [9.17, 15) is 0 Å². The summed E-state index contributed by atoms with van der Waals surface area (Å²) in [4.78, 5) is 13.8. The molecule has 2 rings (SSSR count). The van der Waals surface area contributed by atoms with E-state index in [1.165, 1.54) is 12.8 Å². The van der Waals surface area contributed by atoms with Crippen LogP contribution in [0.15, 0.2) is 0 Å². The molecule has 0 saturated carbocycles. The first-order valence-corrected chi connectivity index (χ1v) is 7.85. The molecule has 20 heavy (non-hydrogen) atoms. The molecule has 1 aliphatic rings. The smallest absolute Gasteiger partial charge is 0.137 e. The molecule has 1 aliphatic heterocycles. The predicted molar refractivity (Wildman–Crippen MR) is 84.7 cm³/mol. The zero-order valence-corrected chi connectivity index (χ0v) is 13.7. The predicted octanol–water partition coefficient (Wildman–Crippen LogP) is 2.92. The monoisotopic (exact) mass is 296 g/mol. The van der Waals surface area contributed by atoms with Gasteiger partial charge in [-0.25, -0.2) is 9.97 Å². The lowest BCUT2D eigenvalue weighted by molar-refractivity contribution is 0.249. The number of hydrogen-bond donors (Lipinski definition) is 0. The van der Waals surface area contributed by atoms with Gasteiger partial charge in [0, 0.05) is 31.1 Å². The van der Waals surface area contributed by atoms with Gasteiger partial charge in [0.2, 0.25) is 0 Å². The highest BCUT2D eigenvalue weighted by Gasteiger charge is 2.23. The molecule has 0 spiro atoms. The molecule has 0 aromatic carbocycles. The summed E-state index contributed by atoms with van der Waals surface area (Å²) in [5.41, 5.74) is 1.01. The van der Waals surface area contributed by atoms with Crippen LogP contribution in [0.2, 0.25) is 5.15 Å². The van der Waals surface area contributed by atoms with Crippen LogP contribution in [0.1, 0.15) is 37.6 Å². The molecular weight excluding hydrogens is 272 g/mol. The third-order valence-electron chi connectivity index (χ3n) is 4.07. The van der Waals surface area contributed by atoms with Gasteiger partial charge in [0.1, 0.15) is 16.8 Å². The molecule has 0 unspecified atom stereocenters. The number of nitrogens with zero attached hydrogens (tertiary/aromatic N) is 4. The highest BCUT2D eigenvalue weighted by molar-refractivity contribution is 6.30. The Morgan fingerprint density at radius 3 is 2.45 bits per heavy atom. The summed E-state index contributed by atoms with van der Waals surface area (Å²) < 4.78 is 0. The van der Waals surface area contributed by atoms with Crippen LogP contribution in [0.3, 0.4) is 0 Å². The molecule has 1 aromatic heterocycles. The van der Waals surface area contributed by atoms with Crippen molar-refractivity contribution in [3.63, 3.8) is 0 Å². The average molecular weight is 297 g/mol. The van der Waals surface area contributed by atoms with Crippen molar-refractivity contribution in [3.05, 3.63) is 16.5 Å². The summed E-state index contributed by atoms with van der Waals surface area (Å²) in [6, 6.07) is 0.680. The third-order valence-corrected chi connectivity index (χ3v) is 4.44. The highest BCUT2D eigenvalue weighted by Crippen LogP contribution is 2.27. The average Bonchev–Trinajstić information content (AvgIpc) is 2.43. The van der Waals surface area contributed by atoms with Gasteiger partial charge in [-0.3, -0.25) is 0 Å². The lowest BCUT2D eigenvalue weighted by atomic mass is 10.0. The van der Waals surface area contributed by atoms with Gasteiger partial charge in [-0.2, -0.15) is 0 Å². The van der Waals surface area contributed by atoms with Crippen molar-refractivity contribution in [1.82, 2.24) is 14.9 Å². The summed E-state index contributed by atoms with van der Waals surface area (Å²) in [7, 11) is 4.32. The first-order chi connectivity index (χ1) is 9.52. The zero-order chi connectivity index (χ0) is 14.7. The number of halogens is 1. The Kier molecular flexibility index (Phi) is 5.22. The van der Waals surface area contributed by atoms with Gasteiger partial charge >= 0.3 is 0 Å². The van der Waals surface area contributed by atoms with Crippen molar-refractivity contribution >= 4 is 17.4 Å². The first kappa shape index (κ1) is 15.5. The second-order valence-electron chi connectivity index (χ2n) is 5.81. The fourth-order valence-corrected chi connectivity index (χ4v) is 2.94. The van der Waals surface area contributed by atoms with E-state index in [1.807, 2.05) is 6.92 Å². The molecule has 0 N–H and O–H groups in total. The number of aromatic nitrogens is 2. The molecule has 2 heterocycles. The topological polar surface area (TPSA) is 32.3 Å². The van der Waals surface area contributed by atoms with E-state index in [4.69, 9.17) is 16.6 Å². The fraction of sp³-hybridized carbons (Fsp3) is 0.733. The first-order valence-electron chi connectivity index (χ1n) is 7.47. The van der Waals surface area contributed by atoms with Gasteiger partial charge < -0.3 is 9.80 Å². The van der Waals surface area contributed by atoms with Gasteiger partial charge in [-0.1, -0.05) is 18.5 Å². The van der Waals surface area contributed by atoms with Gasteiger partial charge in [0.05, 0.1) is 0 Å². The number of aryl methyl sites for hydroxylation is 1. The number of anilines is 1. The van der Waals surface area contributed by atoms with E-state index in [0.29, 0.717) is 11.2 Å². The molecule has 0 aliphatic carbocycles. The molecule has 0 bridgehead atoms. The summed E-state index contributed by atoms with van der Waals surface area (Å²) in [6.07, 6.45) is 4.29. The van der Waals surface area contributed by atoms with E-state index in [1.54, 1.807) is 0 Å². The van der Waals surface area contributed by atoms with Crippen LogP contribution in [-0.2, 0) is 6.42 Å². The molecule has 5 heteroatoms. The quantitative estimate of drug-likeness (QED) is 0.800. The Bertz CT molecular complexity index is 453. The van der Waals surface area contributed by atoms with Crippen molar-refractivity contribution in [2.24, 2.45) is 0 Å². The van der Waals surface area contributed by atoms with Crippen LogP contribution in [-0.4, -0.2) is 48.1 Å². The number of piperidine rings is 1. The standard InChI is InChI=1S/C15H25ClN4/c1-5-6-13-17-14(16)11(2)15(18-13)20-9-7-12(8-10-20)19(3)4/h12H,5-10H2,1-4H3. The lowest BCUT2D eigenvalue weighted by Crippen LogP contribution is -2.42. The van der Waals surface area contributed by atoms with Gasteiger partial charge in [-0.05, 0) is 40.3 Å². The second kappa shape index (κ2) is 6.72. The maximum absolute atomic E-state index is 6.27. The van der Waals surface area contributed by atoms with Crippen LogP contribution in [0.4, 0.5) is 5.82 Å². The maximum atomic E-state index is 6.27. The van der Waals surface area contributed by atoms with Crippen LogP contribution in [0.5, 0.6) is 0 Å². The molecule has 0 amide bonds. The van der Waals surface area contributed by atoms with Crippen molar-refractivity contribution in [2.45, 2.75) is 45.6 Å². The molecule has 112 valence electrons. The second-order valence-corrected chi connectivity index (χ2v) is 6.17. The van der Waals surface area contributed by atoms with Crippen molar-refractivity contribution < 1.29 is 0 Å². The maximum Gasteiger partial charge on any atom is 0.137 e. The van der Waals surface area contributed by atoms with Gasteiger partial charge in [-0.15, -0.1) is 0 Å². The Balaban J connectivity index is 2.16. The molecular formula is C15H25ClN4. The van der Waals surface area contributed by atoms with Gasteiger partial charge in [0.25, 0.3) is 0 Å². The Labute approximate surface area is 127 Å². The highest BCUT2D eigenvalue weighted by atomic mass is 35.5. The summed E-state index contributed by atoms with van der Waals surface area (Å²) in [5, 5.41) is 0.605. The van der Waals surface area contributed by atoms with Crippen LogP contribution in [0, 0.1) is 6.92 Å². The van der Waals surface area contributed by atoms with E-state index in [-0.39, 0.29) is 0 Å². The molecule has 0 radical (unpaired) electrons. The number of hydrogen-bond acceptors (Lipinski definition) is 4. The van der Waals surface area contributed by atoms with E-state index in [2.05, 4.69) is 35.8 Å². The van der Waals surface area contributed by atoms with E-state index >= 15 is 0 Å². The molecule has 0 atom stereocenters. The summed E-state index contributed by atoms with van der Waals surface area (Å²) in [5.74, 6) is 1.90. The SMILES string of the molecule is CCCc1nc(Cl)c(C)c(N2CCC(N(C)C)CC2)n1. The van der Waals surface area contributed by atoms with E-state index < -0.39 is 0 Å². The van der Waals surface area contributed by atoms with Crippen LogP contribution < -0.4 is 4.90 Å². The minimum absolute atomic E-state index is 0.605. The van der Waals surface area contributed by atoms with Crippen molar-refractivity contribution in [3.8, 4) is 0 Å². The molecule has 1 aromatic rings. The Morgan fingerprint density at radius 2 is 1.90 bits per heavy atom. The number of rotatable bonds is 4. The fourth-order valence-electron chi connectivity index (χ4n) is 2.76. The van der Waals surface area contributed by atoms with Crippen LogP contribution in [0.25, 0.3) is 0 Å². The summed E-state index contributed by atoms with van der Waals surface area (Å²) >= 11 is 6.27. The largest absolute Gasteiger partial charge is 0.356 e. The molecule has 1 saturated heterocycles. The molecule has 4 nitrogen and oxygen atoms in total. The zero-order valence-electron chi connectivity index (χ0n) is 13.0. The summed E-state index contributed by atoms with van der Waals surface area (Å²) in [6.45, 7) is 6.25. The van der Waals surface area contributed by atoms with Gasteiger partial charge in [0.15, 0.2) is 0 Å². The van der Waals surface area contributed by atoms with E-state index in [0.717, 1.165) is 43.1 Å². The van der Waals surface area contributed by atoms with Crippen LogP contribution >= 0.6 is 11.6 Å². The minimum atomic E-state index is 0.605. The Hall–Kier alpha value is -0.870. The molecule has 1 fully saturated rings. The van der Waals surface area contributed by atoms with Crippen molar-refractivity contribution in [1.29, 1.82) is 0 Å². The lowest BCUT2D eigenvalue weighted by Gasteiger charge is -2.36. The van der Waals surface area contributed by atoms with Crippen molar-refractivity contribution in [2.75, 3.05) is 32.1 Å². The Morgan fingerprint density at radius 1 is 1.25 bits per heavy atom.